The van der Waals surface area contributed by atoms with Crippen LogP contribution in [0.1, 0.15) is 16.7 Å². The lowest BCUT2D eigenvalue weighted by Gasteiger charge is -2.15. The van der Waals surface area contributed by atoms with Gasteiger partial charge < -0.3 is 9.47 Å². The number of hydrogen-bond acceptors (Lipinski definition) is 5. The molecule has 0 amide bonds. The van der Waals surface area contributed by atoms with Gasteiger partial charge in [0.05, 0.1) is 12.0 Å². The Morgan fingerprint density at radius 2 is 1.71 bits per heavy atom. The lowest BCUT2D eigenvalue weighted by Crippen LogP contribution is -2.23. The zero-order valence-corrected chi connectivity index (χ0v) is 18.3. The minimum atomic E-state index is -3.91. The Morgan fingerprint density at radius 3 is 2.42 bits per heavy atom. The van der Waals surface area contributed by atoms with Crippen LogP contribution in [0.25, 0.3) is 11.1 Å². The molecule has 162 valence electrons. The fourth-order valence-corrected chi connectivity index (χ4v) is 4.59. The zero-order chi connectivity index (χ0) is 22.2. The van der Waals surface area contributed by atoms with Crippen LogP contribution in [-0.2, 0) is 20.7 Å². The van der Waals surface area contributed by atoms with Crippen molar-refractivity contribution in [1.29, 1.82) is 0 Å². The standard InChI is InChI=1S/C24H23FO5S/c1-15-4-7-20(8-5-15)31(26,27)29-14-19-12-17-11-18(25)13-22(24(17)30-19)21-10-16(2)6-9-23(21)28-3/h4-11,13,19H,12,14H2,1-3H3. The molecule has 1 aliphatic rings. The summed E-state index contributed by atoms with van der Waals surface area (Å²) in [4.78, 5) is 0.0878. The van der Waals surface area contributed by atoms with Crippen molar-refractivity contribution in [3.05, 3.63) is 77.1 Å². The first-order valence-electron chi connectivity index (χ1n) is 9.87. The van der Waals surface area contributed by atoms with Crippen molar-refractivity contribution in [3.63, 3.8) is 0 Å². The Balaban J connectivity index is 1.58. The van der Waals surface area contributed by atoms with E-state index in [1.807, 2.05) is 32.0 Å². The molecule has 1 atom stereocenters. The monoisotopic (exact) mass is 442 g/mol. The summed E-state index contributed by atoms with van der Waals surface area (Å²) in [6, 6.07) is 14.9. The first kappa shape index (κ1) is 21.3. The van der Waals surface area contributed by atoms with Gasteiger partial charge in [-0.3, -0.25) is 4.18 Å². The highest BCUT2D eigenvalue weighted by molar-refractivity contribution is 7.86. The molecule has 3 aromatic carbocycles. The average Bonchev–Trinajstić information content (AvgIpc) is 3.15. The van der Waals surface area contributed by atoms with E-state index in [0.717, 1.165) is 11.1 Å². The van der Waals surface area contributed by atoms with Gasteiger partial charge in [-0.05, 0) is 50.2 Å². The summed E-state index contributed by atoms with van der Waals surface area (Å²) in [5, 5.41) is 0. The lowest BCUT2D eigenvalue weighted by atomic mass is 9.98. The highest BCUT2D eigenvalue weighted by Crippen LogP contribution is 2.43. The summed E-state index contributed by atoms with van der Waals surface area (Å²) >= 11 is 0. The van der Waals surface area contributed by atoms with Crippen molar-refractivity contribution in [3.8, 4) is 22.6 Å². The molecular weight excluding hydrogens is 419 g/mol. The van der Waals surface area contributed by atoms with Gasteiger partial charge in [0.15, 0.2) is 0 Å². The van der Waals surface area contributed by atoms with Crippen LogP contribution in [0.5, 0.6) is 11.5 Å². The molecule has 0 radical (unpaired) electrons. The van der Waals surface area contributed by atoms with Gasteiger partial charge in [0.2, 0.25) is 0 Å². The molecule has 0 N–H and O–H groups in total. The van der Waals surface area contributed by atoms with Crippen LogP contribution in [0.2, 0.25) is 0 Å². The van der Waals surface area contributed by atoms with Gasteiger partial charge in [0.25, 0.3) is 10.1 Å². The molecule has 0 spiro atoms. The summed E-state index contributed by atoms with van der Waals surface area (Å²) in [6.45, 7) is 3.65. The van der Waals surface area contributed by atoms with E-state index in [4.69, 9.17) is 13.7 Å². The summed E-state index contributed by atoms with van der Waals surface area (Å²) in [5.41, 5.74) is 3.90. The van der Waals surface area contributed by atoms with Crippen molar-refractivity contribution >= 4 is 10.1 Å². The second-order valence-electron chi connectivity index (χ2n) is 7.64. The maximum Gasteiger partial charge on any atom is 0.297 e. The number of fused-ring (bicyclic) bond motifs is 1. The van der Waals surface area contributed by atoms with E-state index in [1.165, 1.54) is 24.3 Å². The molecule has 4 rings (SSSR count). The third kappa shape index (κ3) is 4.43. The number of methoxy groups -OCH3 is 1. The molecular formula is C24H23FO5S. The first-order chi connectivity index (χ1) is 14.8. The molecule has 1 aliphatic heterocycles. The van der Waals surface area contributed by atoms with Gasteiger partial charge in [-0.25, -0.2) is 4.39 Å². The highest BCUT2D eigenvalue weighted by Gasteiger charge is 2.30. The maximum absolute atomic E-state index is 14.4. The zero-order valence-electron chi connectivity index (χ0n) is 17.5. The smallest absolute Gasteiger partial charge is 0.297 e. The van der Waals surface area contributed by atoms with Crippen molar-refractivity contribution in [1.82, 2.24) is 0 Å². The molecule has 3 aromatic rings. The fraction of sp³-hybridized carbons (Fsp3) is 0.250. The number of hydrogen-bond donors (Lipinski definition) is 0. The Hall–Kier alpha value is -2.90. The van der Waals surface area contributed by atoms with E-state index < -0.39 is 22.0 Å². The van der Waals surface area contributed by atoms with E-state index in [0.29, 0.717) is 34.6 Å². The van der Waals surface area contributed by atoms with E-state index in [9.17, 15) is 12.8 Å². The molecule has 1 unspecified atom stereocenters. The molecule has 7 heteroatoms. The van der Waals surface area contributed by atoms with Crippen LogP contribution >= 0.6 is 0 Å². The van der Waals surface area contributed by atoms with E-state index in [2.05, 4.69) is 0 Å². The van der Waals surface area contributed by atoms with Gasteiger partial charge in [0.1, 0.15) is 30.0 Å². The molecule has 0 aliphatic carbocycles. The lowest BCUT2D eigenvalue weighted by molar-refractivity contribution is 0.152. The van der Waals surface area contributed by atoms with E-state index in [1.54, 1.807) is 19.2 Å². The van der Waals surface area contributed by atoms with E-state index >= 15 is 0 Å². The minimum absolute atomic E-state index is 0.0878. The molecule has 0 aromatic heterocycles. The van der Waals surface area contributed by atoms with Gasteiger partial charge in [-0.2, -0.15) is 8.42 Å². The number of aryl methyl sites for hydroxylation is 2. The van der Waals surface area contributed by atoms with Crippen molar-refractivity contribution in [2.45, 2.75) is 31.3 Å². The highest BCUT2D eigenvalue weighted by atomic mass is 32.2. The minimum Gasteiger partial charge on any atom is -0.496 e. The topological polar surface area (TPSA) is 61.8 Å². The van der Waals surface area contributed by atoms with Gasteiger partial charge in [-0.1, -0.05) is 29.3 Å². The molecule has 31 heavy (non-hydrogen) atoms. The average molecular weight is 443 g/mol. The molecule has 0 bridgehead atoms. The third-order valence-corrected chi connectivity index (χ3v) is 6.52. The largest absolute Gasteiger partial charge is 0.496 e. The normalized spacial score (nSPS) is 15.4. The maximum atomic E-state index is 14.4. The molecule has 5 nitrogen and oxygen atoms in total. The summed E-state index contributed by atoms with van der Waals surface area (Å²) < 4.78 is 56.1. The first-order valence-corrected chi connectivity index (χ1v) is 11.3. The van der Waals surface area contributed by atoms with Crippen LogP contribution in [0, 0.1) is 19.7 Å². The number of benzene rings is 3. The molecule has 1 heterocycles. The number of halogens is 1. The predicted molar refractivity (Wildman–Crippen MR) is 116 cm³/mol. The van der Waals surface area contributed by atoms with Gasteiger partial charge in [0, 0.05) is 23.1 Å². The van der Waals surface area contributed by atoms with Crippen LogP contribution in [0.15, 0.2) is 59.5 Å². The number of ether oxygens (including phenoxy) is 2. The molecule has 0 saturated carbocycles. The summed E-state index contributed by atoms with van der Waals surface area (Å²) in [7, 11) is -2.36. The SMILES string of the molecule is COc1ccc(C)cc1-c1cc(F)cc2c1OC(COS(=O)(=O)c1ccc(C)cc1)C2. The van der Waals surface area contributed by atoms with Crippen molar-refractivity contribution in [2.75, 3.05) is 13.7 Å². The summed E-state index contributed by atoms with van der Waals surface area (Å²) in [6.07, 6.45) is -0.205. The predicted octanol–water partition coefficient (Wildman–Crippen LogP) is 4.83. The summed E-state index contributed by atoms with van der Waals surface area (Å²) in [5.74, 6) is 0.727. The van der Waals surface area contributed by atoms with Gasteiger partial charge in [-0.15, -0.1) is 0 Å². The quantitative estimate of drug-likeness (QED) is 0.512. The Labute approximate surface area is 181 Å². The van der Waals surface area contributed by atoms with Crippen LogP contribution in [0.4, 0.5) is 4.39 Å². The van der Waals surface area contributed by atoms with Crippen LogP contribution in [-0.4, -0.2) is 28.2 Å². The van der Waals surface area contributed by atoms with Crippen molar-refractivity contribution in [2.24, 2.45) is 0 Å². The van der Waals surface area contributed by atoms with E-state index in [-0.39, 0.29) is 11.5 Å². The molecule has 0 fully saturated rings. The Kier molecular flexibility index (Phi) is 5.73. The Morgan fingerprint density at radius 1 is 1.00 bits per heavy atom. The van der Waals surface area contributed by atoms with Crippen LogP contribution < -0.4 is 9.47 Å². The fourth-order valence-electron chi connectivity index (χ4n) is 3.66. The number of rotatable bonds is 6. The molecule has 0 saturated heterocycles. The second-order valence-corrected chi connectivity index (χ2v) is 9.26. The Bertz CT molecular complexity index is 1220. The third-order valence-electron chi connectivity index (χ3n) is 5.23. The van der Waals surface area contributed by atoms with Crippen LogP contribution in [0.3, 0.4) is 0 Å². The van der Waals surface area contributed by atoms with Gasteiger partial charge >= 0.3 is 0 Å². The second kappa shape index (κ2) is 8.32. The van der Waals surface area contributed by atoms with Crippen molar-refractivity contribution < 1.29 is 26.5 Å².